The highest BCUT2D eigenvalue weighted by Gasteiger charge is 2.25. The largest absolute Gasteiger partial charge is 0.507 e. The number of fused-ring (bicyclic) bond motifs is 1. The summed E-state index contributed by atoms with van der Waals surface area (Å²) in [7, 11) is 0. The Labute approximate surface area is 199 Å². The Hall–Kier alpha value is -3.42. The Bertz CT molecular complexity index is 1160. The third kappa shape index (κ3) is 5.38. The van der Waals surface area contributed by atoms with Gasteiger partial charge in [0.2, 0.25) is 0 Å². The number of halogens is 1. The monoisotopic (exact) mass is 466 g/mol. The van der Waals surface area contributed by atoms with E-state index >= 15 is 0 Å². The summed E-state index contributed by atoms with van der Waals surface area (Å²) in [5.41, 5.74) is 1.72. The quantitative estimate of drug-likeness (QED) is 0.529. The molecule has 2 N–H and O–H groups in total. The first kappa shape index (κ1) is 23.7. The second kappa shape index (κ2) is 10.2. The Kier molecular flexibility index (Phi) is 7.14. The van der Waals surface area contributed by atoms with Crippen molar-refractivity contribution in [3.8, 4) is 17.1 Å². The van der Waals surface area contributed by atoms with Crippen LogP contribution in [0.3, 0.4) is 0 Å². The lowest BCUT2D eigenvalue weighted by molar-refractivity contribution is 0.131. The van der Waals surface area contributed by atoms with Crippen LogP contribution in [0.25, 0.3) is 22.3 Å². The summed E-state index contributed by atoms with van der Waals surface area (Å²) >= 11 is 0. The van der Waals surface area contributed by atoms with Gasteiger partial charge in [-0.3, -0.25) is 0 Å². The summed E-state index contributed by atoms with van der Waals surface area (Å²) in [6.45, 7) is 8.34. The maximum absolute atomic E-state index is 14.6. The van der Waals surface area contributed by atoms with Gasteiger partial charge in [0.05, 0.1) is 17.7 Å². The van der Waals surface area contributed by atoms with E-state index in [1.54, 1.807) is 0 Å². The number of amides is 1. The predicted molar refractivity (Wildman–Crippen MR) is 130 cm³/mol. The number of piperidine rings is 1. The molecule has 1 aromatic heterocycles. The van der Waals surface area contributed by atoms with E-state index in [2.05, 4.69) is 15.2 Å². The minimum Gasteiger partial charge on any atom is -0.507 e. The van der Waals surface area contributed by atoms with E-state index in [1.807, 2.05) is 39.0 Å². The van der Waals surface area contributed by atoms with Crippen LogP contribution in [0.2, 0.25) is 0 Å². The Balaban J connectivity index is 1.62. The molecular weight excluding hydrogens is 435 g/mol. The van der Waals surface area contributed by atoms with Gasteiger partial charge in [0, 0.05) is 25.0 Å². The summed E-state index contributed by atoms with van der Waals surface area (Å²) in [4.78, 5) is 23.5. The van der Waals surface area contributed by atoms with Gasteiger partial charge in [0.25, 0.3) is 0 Å². The summed E-state index contributed by atoms with van der Waals surface area (Å²) < 4.78 is 19.9. The maximum Gasteiger partial charge on any atom is 0.407 e. The average Bonchev–Trinajstić information content (AvgIpc) is 2.80. The minimum absolute atomic E-state index is 0.00437. The zero-order chi connectivity index (χ0) is 24.2. The molecule has 3 aromatic rings. The Morgan fingerprint density at radius 3 is 2.88 bits per heavy atom. The highest BCUT2D eigenvalue weighted by molar-refractivity contribution is 5.92. The van der Waals surface area contributed by atoms with Crippen LogP contribution >= 0.6 is 0 Å². The van der Waals surface area contributed by atoms with Crippen molar-refractivity contribution >= 4 is 22.8 Å². The van der Waals surface area contributed by atoms with Gasteiger partial charge in [0.1, 0.15) is 17.4 Å². The number of aromatic nitrogens is 2. The van der Waals surface area contributed by atoms with E-state index in [0.29, 0.717) is 31.0 Å². The molecule has 2 aromatic carbocycles. The van der Waals surface area contributed by atoms with Gasteiger partial charge in [0.15, 0.2) is 5.82 Å². The number of phenols is 1. The average molecular weight is 467 g/mol. The van der Waals surface area contributed by atoms with Gasteiger partial charge in [-0.1, -0.05) is 26.0 Å². The number of nitrogens with one attached hydrogen (secondary N) is 1. The fourth-order valence-corrected chi connectivity index (χ4v) is 4.25. The van der Waals surface area contributed by atoms with Crippen molar-refractivity contribution < 1.29 is 19.0 Å². The van der Waals surface area contributed by atoms with Crippen LogP contribution in [-0.4, -0.2) is 47.4 Å². The van der Waals surface area contributed by atoms with Gasteiger partial charge >= 0.3 is 6.09 Å². The number of phenolic OH excluding ortho intramolecular Hbond substituents is 1. The molecule has 34 heavy (non-hydrogen) atoms. The number of alkyl carbamates (subject to hydrolysis) is 1. The van der Waals surface area contributed by atoms with Crippen molar-refractivity contribution in [2.75, 3.05) is 31.1 Å². The molecule has 7 nitrogen and oxygen atoms in total. The molecule has 1 atom stereocenters. The van der Waals surface area contributed by atoms with Crippen LogP contribution in [0.5, 0.6) is 5.75 Å². The first-order valence-electron chi connectivity index (χ1n) is 11.7. The molecule has 0 spiro atoms. The van der Waals surface area contributed by atoms with E-state index in [9.17, 15) is 14.3 Å². The molecule has 1 amide bonds. The first-order chi connectivity index (χ1) is 16.3. The lowest BCUT2D eigenvalue weighted by Gasteiger charge is -2.34. The van der Waals surface area contributed by atoms with E-state index in [-0.39, 0.29) is 29.0 Å². The molecule has 1 fully saturated rings. The molecular formula is C26H31FN4O3. The first-order valence-corrected chi connectivity index (χ1v) is 11.7. The third-order valence-corrected chi connectivity index (χ3v) is 5.95. The standard InChI is InChI=1S/C26H31FN4O3/c1-16(2)15-34-26(33)28-13-18-6-5-11-31(14-18)25-19-10-9-17(3)12-21(19)29-24(30-25)23-20(27)7-4-8-22(23)32/h4,7-10,12,16,18,32H,5-6,11,13-15H2,1-3H3,(H,28,33)/t18-/m0/s1. The number of aryl methyl sites for hydroxylation is 1. The predicted octanol–water partition coefficient (Wildman–Crippen LogP) is 5.05. The molecule has 1 aliphatic heterocycles. The summed E-state index contributed by atoms with van der Waals surface area (Å²) in [6, 6.07) is 10.1. The molecule has 0 radical (unpaired) electrons. The molecule has 0 aliphatic carbocycles. The van der Waals surface area contributed by atoms with E-state index in [1.165, 1.54) is 18.2 Å². The van der Waals surface area contributed by atoms with Gasteiger partial charge < -0.3 is 20.1 Å². The van der Waals surface area contributed by atoms with Crippen molar-refractivity contribution in [3.63, 3.8) is 0 Å². The van der Waals surface area contributed by atoms with Gasteiger partial charge in [-0.05, 0) is 61.4 Å². The molecule has 1 saturated heterocycles. The number of benzene rings is 2. The highest BCUT2D eigenvalue weighted by Crippen LogP contribution is 2.35. The maximum atomic E-state index is 14.6. The lowest BCUT2D eigenvalue weighted by Crippen LogP contribution is -2.41. The zero-order valence-electron chi connectivity index (χ0n) is 19.8. The van der Waals surface area contributed by atoms with Crippen LogP contribution in [0.15, 0.2) is 36.4 Å². The molecule has 0 bridgehead atoms. The number of hydrogen-bond donors (Lipinski definition) is 2. The Morgan fingerprint density at radius 1 is 1.29 bits per heavy atom. The normalized spacial score (nSPS) is 16.1. The number of nitrogens with zero attached hydrogens (tertiary/aromatic N) is 3. The van der Waals surface area contributed by atoms with Gasteiger partial charge in [-0.15, -0.1) is 0 Å². The second-order valence-corrected chi connectivity index (χ2v) is 9.35. The van der Waals surface area contributed by atoms with Crippen molar-refractivity contribution in [1.82, 2.24) is 15.3 Å². The highest BCUT2D eigenvalue weighted by atomic mass is 19.1. The van der Waals surface area contributed by atoms with Crippen LogP contribution in [0.1, 0.15) is 32.3 Å². The van der Waals surface area contributed by atoms with E-state index < -0.39 is 11.9 Å². The molecule has 180 valence electrons. The van der Waals surface area contributed by atoms with Gasteiger partial charge in [-0.25, -0.2) is 19.2 Å². The third-order valence-electron chi connectivity index (χ3n) is 5.95. The van der Waals surface area contributed by atoms with Crippen LogP contribution in [-0.2, 0) is 4.74 Å². The van der Waals surface area contributed by atoms with Crippen LogP contribution in [0, 0.1) is 24.6 Å². The van der Waals surface area contributed by atoms with Crippen molar-refractivity contribution in [3.05, 3.63) is 47.8 Å². The number of hydrogen-bond acceptors (Lipinski definition) is 6. The van der Waals surface area contributed by atoms with Crippen molar-refractivity contribution in [1.29, 1.82) is 0 Å². The molecule has 2 heterocycles. The summed E-state index contributed by atoms with van der Waals surface area (Å²) in [5, 5.41) is 14.1. The fraction of sp³-hybridized carbons (Fsp3) is 0.423. The smallest absolute Gasteiger partial charge is 0.407 e. The number of anilines is 1. The summed E-state index contributed by atoms with van der Waals surface area (Å²) in [5.74, 6) is 0.600. The Morgan fingerprint density at radius 2 is 2.12 bits per heavy atom. The van der Waals surface area contributed by atoms with Crippen molar-refractivity contribution in [2.45, 2.75) is 33.6 Å². The lowest BCUT2D eigenvalue weighted by atomic mass is 9.97. The second-order valence-electron chi connectivity index (χ2n) is 9.35. The van der Waals surface area contributed by atoms with Crippen LogP contribution < -0.4 is 10.2 Å². The van der Waals surface area contributed by atoms with Crippen molar-refractivity contribution in [2.24, 2.45) is 11.8 Å². The minimum atomic E-state index is -0.571. The number of rotatable bonds is 6. The fourth-order valence-electron chi connectivity index (χ4n) is 4.25. The van der Waals surface area contributed by atoms with Crippen LogP contribution in [0.4, 0.5) is 15.0 Å². The molecule has 1 aliphatic rings. The SMILES string of the molecule is Cc1ccc2c(N3CCC[C@@H](CNC(=O)OCC(C)C)C3)nc(-c3c(O)cccc3F)nc2c1. The van der Waals surface area contributed by atoms with E-state index in [4.69, 9.17) is 9.72 Å². The number of carbonyl (C=O) groups excluding carboxylic acids is 1. The number of ether oxygens (including phenoxy) is 1. The zero-order valence-corrected chi connectivity index (χ0v) is 19.8. The number of carbonyl (C=O) groups is 1. The summed E-state index contributed by atoms with van der Waals surface area (Å²) in [6.07, 6.45) is 1.51. The molecule has 4 rings (SSSR count). The van der Waals surface area contributed by atoms with E-state index in [0.717, 1.165) is 30.3 Å². The number of aromatic hydroxyl groups is 1. The topological polar surface area (TPSA) is 87.6 Å². The molecule has 8 heteroatoms. The van der Waals surface area contributed by atoms with Gasteiger partial charge in [-0.2, -0.15) is 0 Å². The molecule has 0 unspecified atom stereocenters. The molecule has 0 saturated carbocycles.